The van der Waals surface area contributed by atoms with Gasteiger partial charge in [-0.15, -0.1) is 0 Å². The van der Waals surface area contributed by atoms with Crippen LogP contribution in [0.3, 0.4) is 0 Å². The molecule has 2 aromatic rings. The Balaban J connectivity index is 2.30. The van der Waals surface area contributed by atoms with Crippen molar-refractivity contribution in [1.29, 1.82) is 0 Å². The summed E-state index contributed by atoms with van der Waals surface area (Å²) in [7, 11) is 0. The summed E-state index contributed by atoms with van der Waals surface area (Å²) in [5, 5.41) is 5.38. The summed E-state index contributed by atoms with van der Waals surface area (Å²) < 4.78 is 0. The normalized spacial score (nSPS) is 10.7. The van der Waals surface area contributed by atoms with E-state index >= 15 is 0 Å². The van der Waals surface area contributed by atoms with Gasteiger partial charge in [0.2, 0.25) is 0 Å². The van der Waals surface area contributed by atoms with Gasteiger partial charge in [-0.3, -0.25) is 0 Å². The minimum Gasteiger partial charge on any atom is -0.370 e. The third-order valence-electron chi connectivity index (χ3n) is 2.86. The molecule has 0 saturated heterocycles. The van der Waals surface area contributed by atoms with E-state index in [0.29, 0.717) is 10.0 Å². The van der Waals surface area contributed by atoms with Crippen LogP contribution >= 0.6 is 35.0 Å². The molecule has 0 atom stereocenters. The Morgan fingerprint density at radius 2 is 1.90 bits per heavy atom. The summed E-state index contributed by atoms with van der Waals surface area (Å²) in [5.74, 6) is 1.65. The highest BCUT2D eigenvalue weighted by Gasteiger charge is 2.11. The summed E-state index contributed by atoms with van der Waals surface area (Å²) >= 11 is 13.6. The highest BCUT2D eigenvalue weighted by molar-refractivity contribution is 7.99. The van der Waals surface area contributed by atoms with E-state index in [9.17, 15) is 0 Å². The van der Waals surface area contributed by atoms with Crippen LogP contribution in [-0.4, -0.2) is 16.5 Å². The van der Waals surface area contributed by atoms with Crippen molar-refractivity contribution in [2.75, 3.05) is 11.9 Å². The number of nitrogens with one attached hydrogen (secondary N) is 1. The van der Waals surface area contributed by atoms with Gasteiger partial charge in [0.05, 0.1) is 10.0 Å². The van der Waals surface area contributed by atoms with Crippen molar-refractivity contribution in [2.24, 2.45) is 0 Å². The molecule has 0 aliphatic heterocycles. The molecule has 0 saturated carbocycles. The first-order chi connectivity index (χ1) is 10.0. The van der Waals surface area contributed by atoms with E-state index in [1.54, 1.807) is 17.8 Å². The molecule has 0 spiro atoms. The van der Waals surface area contributed by atoms with Crippen LogP contribution in [0.2, 0.25) is 10.0 Å². The van der Waals surface area contributed by atoms with Gasteiger partial charge in [0.1, 0.15) is 16.7 Å². The van der Waals surface area contributed by atoms with E-state index in [2.05, 4.69) is 22.2 Å². The Kier molecular flexibility index (Phi) is 5.73. The van der Waals surface area contributed by atoms with E-state index in [4.69, 9.17) is 23.2 Å². The second-order valence-electron chi connectivity index (χ2n) is 4.65. The third kappa shape index (κ3) is 4.25. The molecule has 1 aromatic heterocycles. The monoisotopic (exact) mass is 341 g/mol. The maximum Gasteiger partial charge on any atom is 0.133 e. The molecule has 0 bridgehead atoms. The predicted octanol–water partition coefficient (Wildman–Crippen LogP) is 5.37. The van der Waals surface area contributed by atoms with Gasteiger partial charge in [-0.05, 0) is 38.5 Å². The first-order valence-corrected chi connectivity index (χ1v) is 8.30. The number of aryl methyl sites for hydroxylation is 1. The highest BCUT2D eigenvalue weighted by atomic mass is 35.5. The maximum atomic E-state index is 6.06. The summed E-state index contributed by atoms with van der Waals surface area (Å²) in [5.41, 5.74) is 1.05. The smallest absolute Gasteiger partial charge is 0.133 e. The first kappa shape index (κ1) is 16.4. The van der Waals surface area contributed by atoms with Crippen molar-refractivity contribution < 1.29 is 0 Å². The van der Waals surface area contributed by atoms with Crippen LogP contribution in [0.1, 0.15) is 24.7 Å². The Labute approximate surface area is 139 Å². The van der Waals surface area contributed by atoms with E-state index < -0.39 is 0 Å². The molecule has 0 radical (unpaired) electrons. The molecule has 0 amide bonds. The quantitative estimate of drug-likeness (QED) is 0.741. The number of hydrogen-bond acceptors (Lipinski definition) is 4. The molecule has 1 heterocycles. The van der Waals surface area contributed by atoms with Crippen molar-refractivity contribution in [3.63, 3.8) is 0 Å². The molecule has 0 aliphatic carbocycles. The topological polar surface area (TPSA) is 37.8 Å². The molecule has 0 fully saturated rings. The number of rotatable bonds is 5. The highest BCUT2D eigenvalue weighted by Crippen LogP contribution is 2.34. The molecular formula is C15H17Cl2N3S. The molecule has 0 unspecified atom stereocenters. The number of halogens is 2. The molecule has 112 valence electrons. The van der Waals surface area contributed by atoms with Crippen LogP contribution < -0.4 is 5.32 Å². The summed E-state index contributed by atoms with van der Waals surface area (Å²) in [6.07, 6.45) is 1.05. The molecule has 2 rings (SSSR count). The Morgan fingerprint density at radius 3 is 2.57 bits per heavy atom. The SMILES string of the molecule is CCCNc1nc(C)nc(Sc2ccc(Cl)c(Cl)c2)c1C. The van der Waals surface area contributed by atoms with Gasteiger partial charge in [-0.1, -0.05) is 41.9 Å². The molecular weight excluding hydrogens is 325 g/mol. The van der Waals surface area contributed by atoms with Crippen LogP contribution in [0.15, 0.2) is 28.1 Å². The lowest BCUT2D eigenvalue weighted by Crippen LogP contribution is -2.07. The van der Waals surface area contributed by atoms with Gasteiger partial charge in [-0.25, -0.2) is 9.97 Å². The van der Waals surface area contributed by atoms with E-state index in [0.717, 1.165) is 40.1 Å². The summed E-state index contributed by atoms with van der Waals surface area (Å²) in [6.45, 7) is 6.95. The van der Waals surface area contributed by atoms with Crippen LogP contribution in [-0.2, 0) is 0 Å². The zero-order valence-corrected chi connectivity index (χ0v) is 14.5. The number of aromatic nitrogens is 2. The average Bonchev–Trinajstić information content (AvgIpc) is 2.45. The molecule has 6 heteroatoms. The molecule has 1 aromatic carbocycles. The van der Waals surface area contributed by atoms with Crippen molar-refractivity contribution in [3.05, 3.63) is 39.6 Å². The summed E-state index contributed by atoms with van der Waals surface area (Å²) in [6, 6.07) is 5.59. The Hall–Kier alpha value is -0.970. The zero-order chi connectivity index (χ0) is 15.4. The van der Waals surface area contributed by atoms with Crippen molar-refractivity contribution >= 4 is 40.8 Å². The van der Waals surface area contributed by atoms with Crippen molar-refractivity contribution in [2.45, 2.75) is 37.1 Å². The van der Waals surface area contributed by atoms with E-state index in [-0.39, 0.29) is 0 Å². The lowest BCUT2D eigenvalue weighted by molar-refractivity contribution is 0.908. The third-order valence-corrected chi connectivity index (χ3v) is 4.68. The lowest BCUT2D eigenvalue weighted by atomic mass is 10.3. The van der Waals surface area contributed by atoms with Crippen LogP contribution in [0.4, 0.5) is 5.82 Å². The molecule has 1 N–H and O–H groups in total. The fourth-order valence-electron chi connectivity index (χ4n) is 1.77. The predicted molar refractivity (Wildman–Crippen MR) is 90.9 cm³/mol. The Bertz CT molecular complexity index is 647. The van der Waals surface area contributed by atoms with Gasteiger partial charge in [0, 0.05) is 17.0 Å². The van der Waals surface area contributed by atoms with E-state index in [1.807, 2.05) is 26.0 Å². The van der Waals surface area contributed by atoms with Gasteiger partial charge in [0.25, 0.3) is 0 Å². The number of benzene rings is 1. The minimum absolute atomic E-state index is 0.550. The average molecular weight is 342 g/mol. The van der Waals surface area contributed by atoms with Crippen LogP contribution in [0.25, 0.3) is 0 Å². The van der Waals surface area contributed by atoms with Crippen molar-refractivity contribution in [3.8, 4) is 0 Å². The fourth-order valence-corrected chi connectivity index (χ4v) is 3.10. The van der Waals surface area contributed by atoms with Gasteiger partial charge in [0.15, 0.2) is 0 Å². The number of nitrogens with zero attached hydrogens (tertiary/aromatic N) is 2. The van der Waals surface area contributed by atoms with Crippen LogP contribution in [0.5, 0.6) is 0 Å². The number of hydrogen-bond donors (Lipinski definition) is 1. The maximum absolute atomic E-state index is 6.06. The van der Waals surface area contributed by atoms with Gasteiger partial charge < -0.3 is 5.32 Å². The minimum atomic E-state index is 0.550. The second-order valence-corrected chi connectivity index (χ2v) is 6.53. The fraction of sp³-hybridized carbons (Fsp3) is 0.333. The van der Waals surface area contributed by atoms with E-state index in [1.165, 1.54) is 0 Å². The molecule has 0 aliphatic rings. The lowest BCUT2D eigenvalue weighted by Gasteiger charge is -2.12. The largest absolute Gasteiger partial charge is 0.370 e. The Morgan fingerprint density at radius 1 is 1.14 bits per heavy atom. The summed E-state index contributed by atoms with van der Waals surface area (Å²) in [4.78, 5) is 9.99. The number of anilines is 1. The van der Waals surface area contributed by atoms with Crippen molar-refractivity contribution in [1.82, 2.24) is 9.97 Å². The molecule has 21 heavy (non-hydrogen) atoms. The standard InChI is InChI=1S/C15H17Cl2N3S/c1-4-7-18-14-9(2)15(20-10(3)19-14)21-11-5-6-12(16)13(17)8-11/h5-6,8H,4,7H2,1-3H3,(H,18,19,20). The molecule has 3 nitrogen and oxygen atoms in total. The first-order valence-electron chi connectivity index (χ1n) is 6.73. The van der Waals surface area contributed by atoms with Crippen LogP contribution in [0, 0.1) is 13.8 Å². The second kappa shape index (κ2) is 7.34. The van der Waals surface area contributed by atoms with Gasteiger partial charge in [-0.2, -0.15) is 0 Å². The zero-order valence-electron chi connectivity index (χ0n) is 12.2. The van der Waals surface area contributed by atoms with Gasteiger partial charge >= 0.3 is 0 Å².